The van der Waals surface area contributed by atoms with Crippen LogP contribution in [0.3, 0.4) is 0 Å². The van der Waals surface area contributed by atoms with E-state index in [9.17, 15) is 9.18 Å². The van der Waals surface area contributed by atoms with Crippen molar-refractivity contribution in [2.24, 2.45) is 0 Å². The Labute approximate surface area is 154 Å². The van der Waals surface area contributed by atoms with Crippen LogP contribution >= 0.6 is 11.8 Å². The normalized spacial score (nSPS) is 10.8. The third kappa shape index (κ3) is 4.26. The van der Waals surface area contributed by atoms with Gasteiger partial charge in [-0.05, 0) is 72.2 Å². The molecule has 0 bridgehead atoms. The molecule has 0 aliphatic carbocycles. The van der Waals surface area contributed by atoms with Crippen molar-refractivity contribution < 1.29 is 9.18 Å². The maximum absolute atomic E-state index is 13.6. The summed E-state index contributed by atoms with van der Waals surface area (Å²) in [7, 11) is 0. The third-order valence-electron chi connectivity index (χ3n) is 3.68. The topological polar surface area (TPSA) is 72.7 Å². The lowest BCUT2D eigenvalue weighted by atomic mass is 10.1. The number of hydrogen-bond donors (Lipinski definition) is 1. The number of aryl methyl sites for hydroxylation is 3. The highest BCUT2D eigenvalue weighted by molar-refractivity contribution is 7.99. The van der Waals surface area contributed by atoms with Crippen molar-refractivity contribution in [3.05, 3.63) is 58.9 Å². The number of benzene rings is 2. The van der Waals surface area contributed by atoms with Gasteiger partial charge in [-0.2, -0.15) is 4.68 Å². The van der Waals surface area contributed by atoms with Crippen LogP contribution in [0.2, 0.25) is 0 Å². The second kappa shape index (κ2) is 7.65. The van der Waals surface area contributed by atoms with Gasteiger partial charge in [-0.3, -0.25) is 4.79 Å². The number of aromatic nitrogens is 4. The van der Waals surface area contributed by atoms with Gasteiger partial charge < -0.3 is 5.32 Å². The van der Waals surface area contributed by atoms with E-state index in [1.807, 2.05) is 26.0 Å². The number of carbonyl (C=O) groups is 1. The van der Waals surface area contributed by atoms with E-state index in [0.29, 0.717) is 16.4 Å². The summed E-state index contributed by atoms with van der Waals surface area (Å²) in [6, 6.07) is 10.6. The van der Waals surface area contributed by atoms with Gasteiger partial charge in [-0.1, -0.05) is 23.9 Å². The van der Waals surface area contributed by atoms with Crippen molar-refractivity contribution in [3.63, 3.8) is 0 Å². The Morgan fingerprint density at radius 3 is 2.58 bits per heavy atom. The van der Waals surface area contributed by atoms with Gasteiger partial charge in [0.25, 0.3) is 0 Å². The minimum atomic E-state index is -0.353. The maximum Gasteiger partial charge on any atom is 0.234 e. The van der Waals surface area contributed by atoms with E-state index in [-0.39, 0.29) is 17.5 Å². The first-order chi connectivity index (χ1) is 12.4. The Morgan fingerprint density at radius 1 is 1.15 bits per heavy atom. The number of nitrogens with zero attached hydrogens (tertiary/aromatic N) is 4. The Morgan fingerprint density at radius 2 is 1.88 bits per heavy atom. The number of carbonyl (C=O) groups excluding carboxylic acids is 1. The first-order valence-electron chi connectivity index (χ1n) is 7.98. The van der Waals surface area contributed by atoms with Gasteiger partial charge in [-0.15, -0.1) is 5.10 Å². The SMILES string of the molecule is Cc1cc(C)cc(-n2nnnc2SCC(=O)Nc2ccc(C)c(F)c2)c1. The van der Waals surface area contributed by atoms with Gasteiger partial charge in [0.1, 0.15) is 5.82 Å². The number of rotatable bonds is 5. The van der Waals surface area contributed by atoms with Crippen molar-refractivity contribution in [1.29, 1.82) is 0 Å². The molecule has 0 saturated heterocycles. The van der Waals surface area contributed by atoms with Crippen molar-refractivity contribution in [2.45, 2.75) is 25.9 Å². The van der Waals surface area contributed by atoms with E-state index in [2.05, 4.69) is 26.9 Å². The molecule has 8 heteroatoms. The Balaban J connectivity index is 1.68. The van der Waals surface area contributed by atoms with Crippen LogP contribution < -0.4 is 5.32 Å². The zero-order valence-corrected chi connectivity index (χ0v) is 15.5. The number of anilines is 1. The average molecular weight is 371 g/mol. The zero-order chi connectivity index (χ0) is 18.7. The van der Waals surface area contributed by atoms with E-state index < -0.39 is 0 Å². The first kappa shape index (κ1) is 18.1. The van der Waals surface area contributed by atoms with Crippen molar-refractivity contribution in [1.82, 2.24) is 20.2 Å². The Bertz CT molecular complexity index is 936. The molecule has 0 radical (unpaired) electrons. The smallest absolute Gasteiger partial charge is 0.234 e. The summed E-state index contributed by atoms with van der Waals surface area (Å²) in [5.41, 5.74) is 4.00. The molecule has 0 aliphatic heterocycles. The van der Waals surface area contributed by atoms with Gasteiger partial charge in [0.2, 0.25) is 11.1 Å². The van der Waals surface area contributed by atoms with Crippen LogP contribution in [0.4, 0.5) is 10.1 Å². The largest absolute Gasteiger partial charge is 0.325 e. The molecule has 0 saturated carbocycles. The summed E-state index contributed by atoms with van der Waals surface area (Å²) < 4.78 is 15.2. The number of thioether (sulfide) groups is 1. The van der Waals surface area contributed by atoms with Crippen LogP contribution in [0.1, 0.15) is 16.7 Å². The second-order valence-electron chi connectivity index (χ2n) is 6.02. The van der Waals surface area contributed by atoms with E-state index in [0.717, 1.165) is 16.8 Å². The molecule has 3 rings (SSSR count). The highest BCUT2D eigenvalue weighted by Crippen LogP contribution is 2.21. The Kier molecular flexibility index (Phi) is 5.32. The molecule has 0 aliphatic rings. The molecule has 3 aromatic rings. The van der Waals surface area contributed by atoms with Crippen LogP contribution in [-0.2, 0) is 4.79 Å². The van der Waals surface area contributed by atoms with Crippen LogP contribution in [0.25, 0.3) is 5.69 Å². The van der Waals surface area contributed by atoms with E-state index in [1.165, 1.54) is 17.8 Å². The fourth-order valence-corrected chi connectivity index (χ4v) is 3.19. The summed E-state index contributed by atoms with van der Waals surface area (Å²) in [6.07, 6.45) is 0. The highest BCUT2D eigenvalue weighted by atomic mass is 32.2. The number of hydrogen-bond acceptors (Lipinski definition) is 5. The summed E-state index contributed by atoms with van der Waals surface area (Å²) in [6.45, 7) is 5.67. The molecular formula is C18H18FN5OS. The summed E-state index contributed by atoms with van der Waals surface area (Å²) in [4.78, 5) is 12.1. The predicted molar refractivity (Wildman–Crippen MR) is 99.1 cm³/mol. The molecule has 134 valence electrons. The summed E-state index contributed by atoms with van der Waals surface area (Å²) >= 11 is 1.22. The quantitative estimate of drug-likeness (QED) is 0.696. The maximum atomic E-state index is 13.6. The summed E-state index contributed by atoms with van der Waals surface area (Å²) in [5, 5.41) is 14.9. The monoisotopic (exact) mass is 371 g/mol. The molecule has 0 spiro atoms. The molecule has 1 N–H and O–H groups in total. The number of tetrazole rings is 1. The molecule has 0 unspecified atom stereocenters. The van der Waals surface area contributed by atoms with Crippen molar-refractivity contribution in [3.8, 4) is 5.69 Å². The van der Waals surface area contributed by atoms with Crippen LogP contribution in [0.5, 0.6) is 0 Å². The van der Waals surface area contributed by atoms with E-state index in [1.54, 1.807) is 23.7 Å². The lowest BCUT2D eigenvalue weighted by Crippen LogP contribution is -2.15. The molecular weight excluding hydrogens is 353 g/mol. The number of halogens is 1. The minimum Gasteiger partial charge on any atom is -0.325 e. The van der Waals surface area contributed by atoms with Crippen LogP contribution in [-0.4, -0.2) is 31.9 Å². The van der Waals surface area contributed by atoms with Crippen LogP contribution in [0.15, 0.2) is 41.6 Å². The van der Waals surface area contributed by atoms with Crippen molar-refractivity contribution >= 4 is 23.4 Å². The van der Waals surface area contributed by atoms with E-state index in [4.69, 9.17) is 0 Å². The zero-order valence-electron chi connectivity index (χ0n) is 14.7. The Hall–Kier alpha value is -2.74. The lowest BCUT2D eigenvalue weighted by Gasteiger charge is -2.08. The number of nitrogens with one attached hydrogen (secondary N) is 1. The second-order valence-corrected chi connectivity index (χ2v) is 6.96. The van der Waals surface area contributed by atoms with Gasteiger partial charge in [0, 0.05) is 5.69 Å². The third-order valence-corrected chi connectivity index (χ3v) is 4.60. The lowest BCUT2D eigenvalue weighted by molar-refractivity contribution is -0.113. The van der Waals surface area contributed by atoms with E-state index >= 15 is 0 Å². The molecule has 6 nitrogen and oxygen atoms in total. The van der Waals surface area contributed by atoms with Crippen LogP contribution in [0, 0.1) is 26.6 Å². The average Bonchev–Trinajstić information content (AvgIpc) is 3.04. The van der Waals surface area contributed by atoms with Gasteiger partial charge in [-0.25, -0.2) is 4.39 Å². The molecule has 1 heterocycles. The fraction of sp³-hybridized carbons (Fsp3) is 0.222. The van der Waals surface area contributed by atoms with Gasteiger partial charge in [0.15, 0.2) is 0 Å². The molecule has 2 aromatic carbocycles. The van der Waals surface area contributed by atoms with Gasteiger partial charge in [0.05, 0.1) is 11.4 Å². The van der Waals surface area contributed by atoms with Gasteiger partial charge >= 0.3 is 0 Å². The molecule has 26 heavy (non-hydrogen) atoms. The standard InChI is InChI=1S/C18H18FN5OS/c1-11-6-12(2)8-15(7-11)24-18(21-22-23-24)26-10-17(25)20-14-5-4-13(3)16(19)9-14/h4-9H,10H2,1-3H3,(H,20,25). The molecule has 0 fully saturated rings. The molecule has 0 atom stereocenters. The number of amides is 1. The highest BCUT2D eigenvalue weighted by Gasteiger charge is 2.12. The first-order valence-corrected chi connectivity index (χ1v) is 8.97. The van der Waals surface area contributed by atoms with Crippen molar-refractivity contribution in [2.75, 3.05) is 11.1 Å². The molecule has 1 amide bonds. The fourth-order valence-electron chi connectivity index (χ4n) is 2.50. The predicted octanol–water partition coefficient (Wildman–Crippen LogP) is 3.46. The molecule has 1 aromatic heterocycles. The summed E-state index contributed by atoms with van der Waals surface area (Å²) in [5.74, 6) is -0.497. The minimum absolute atomic E-state index is 0.112.